The van der Waals surface area contributed by atoms with Gasteiger partial charge in [-0.2, -0.15) is 0 Å². The SMILES string of the molecule is CC(C)(C)CC(C)(C)NC(=O)c1ccc(CN(c2cccc([N+](=O)[O-])c2)S(C)(=O)=O)cc1. The van der Waals surface area contributed by atoms with Crippen molar-refractivity contribution in [2.45, 2.75) is 53.1 Å². The van der Waals surface area contributed by atoms with E-state index in [1.54, 1.807) is 24.3 Å². The van der Waals surface area contributed by atoms with Crippen LogP contribution in [0.15, 0.2) is 48.5 Å². The van der Waals surface area contributed by atoms with Gasteiger partial charge < -0.3 is 5.32 Å². The number of nitrogens with zero attached hydrogens (tertiary/aromatic N) is 2. The number of amides is 1. The number of benzene rings is 2. The number of nitrogens with one attached hydrogen (secondary N) is 1. The Morgan fingerprint density at radius 3 is 2.16 bits per heavy atom. The van der Waals surface area contributed by atoms with Crippen molar-refractivity contribution in [3.8, 4) is 0 Å². The Labute approximate surface area is 189 Å². The predicted octanol–water partition coefficient (Wildman–Crippen LogP) is 4.51. The maximum atomic E-state index is 12.7. The molecule has 0 saturated heterocycles. The molecular weight excluding hydrogens is 430 g/mol. The lowest BCUT2D eigenvalue weighted by atomic mass is 9.81. The second-order valence-electron chi connectivity index (χ2n) is 9.82. The minimum Gasteiger partial charge on any atom is -0.347 e. The second-order valence-corrected chi connectivity index (χ2v) is 11.7. The Morgan fingerprint density at radius 1 is 1.06 bits per heavy atom. The summed E-state index contributed by atoms with van der Waals surface area (Å²) >= 11 is 0. The molecule has 0 aromatic heterocycles. The summed E-state index contributed by atoms with van der Waals surface area (Å²) in [5, 5.41) is 14.1. The third-order valence-corrected chi connectivity index (χ3v) is 5.84. The molecule has 0 unspecified atom stereocenters. The highest BCUT2D eigenvalue weighted by atomic mass is 32.2. The smallest absolute Gasteiger partial charge is 0.271 e. The molecule has 0 spiro atoms. The summed E-state index contributed by atoms with van der Waals surface area (Å²) in [5.41, 5.74) is 0.795. The zero-order valence-corrected chi connectivity index (χ0v) is 20.2. The first kappa shape index (κ1) is 25.3. The third kappa shape index (κ3) is 7.33. The number of carbonyl (C=O) groups excluding carboxylic acids is 1. The van der Waals surface area contributed by atoms with E-state index < -0.39 is 14.9 Å². The molecule has 1 amide bonds. The molecule has 1 N–H and O–H groups in total. The van der Waals surface area contributed by atoms with Crippen LogP contribution in [0.3, 0.4) is 0 Å². The monoisotopic (exact) mass is 461 g/mol. The Bertz CT molecular complexity index is 1090. The molecule has 32 heavy (non-hydrogen) atoms. The Hall–Kier alpha value is -2.94. The first-order valence-electron chi connectivity index (χ1n) is 10.2. The fraction of sp³-hybridized carbons (Fsp3) is 0.435. The van der Waals surface area contributed by atoms with Gasteiger partial charge in [-0.1, -0.05) is 39.0 Å². The summed E-state index contributed by atoms with van der Waals surface area (Å²) in [4.78, 5) is 23.2. The van der Waals surface area contributed by atoms with Gasteiger partial charge in [-0.3, -0.25) is 19.2 Å². The van der Waals surface area contributed by atoms with E-state index in [1.807, 2.05) is 13.8 Å². The van der Waals surface area contributed by atoms with Crippen molar-refractivity contribution in [2.24, 2.45) is 5.41 Å². The number of nitro groups is 1. The van der Waals surface area contributed by atoms with Gasteiger partial charge in [0.05, 0.1) is 23.4 Å². The van der Waals surface area contributed by atoms with Crippen molar-refractivity contribution in [2.75, 3.05) is 10.6 Å². The summed E-state index contributed by atoms with van der Waals surface area (Å²) in [6.07, 6.45) is 1.85. The molecule has 0 atom stereocenters. The van der Waals surface area contributed by atoms with Crippen LogP contribution >= 0.6 is 0 Å². The standard InChI is InChI=1S/C23H31N3O5S/c1-22(2,3)16-23(4,5)24-21(27)18-12-10-17(11-13-18)15-25(32(6,30)31)19-8-7-9-20(14-19)26(28)29/h7-14H,15-16H2,1-6H3,(H,24,27). The average Bonchev–Trinajstić information content (AvgIpc) is 2.63. The number of anilines is 1. The topological polar surface area (TPSA) is 110 Å². The van der Waals surface area contributed by atoms with Crippen LogP contribution in [0.25, 0.3) is 0 Å². The van der Waals surface area contributed by atoms with Gasteiger partial charge in [0.1, 0.15) is 0 Å². The fourth-order valence-corrected chi connectivity index (χ4v) is 4.72. The van der Waals surface area contributed by atoms with Crippen molar-refractivity contribution in [3.05, 3.63) is 69.8 Å². The molecule has 8 nitrogen and oxygen atoms in total. The molecule has 174 valence electrons. The van der Waals surface area contributed by atoms with Gasteiger partial charge in [0, 0.05) is 23.2 Å². The van der Waals surface area contributed by atoms with E-state index >= 15 is 0 Å². The normalized spacial score (nSPS) is 12.3. The van der Waals surface area contributed by atoms with Crippen LogP contribution in [-0.2, 0) is 16.6 Å². The largest absolute Gasteiger partial charge is 0.347 e. The molecule has 0 saturated carbocycles. The van der Waals surface area contributed by atoms with Crippen molar-refractivity contribution >= 4 is 27.3 Å². The molecule has 2 aromatic carbocycles. The lowest BCUT2D eigenvalue weighted by Gasteiger charge is -2.33. The van der Waals surface area contributed by atoms with Crippen molar-refractivity contribution in [1.82, 2.24) is 5.32 Å². The summed E-state index contributed by atoms with van der Waals surface area (Å²) in [7, 11) is -3.70. The van der Waals surface area contributed by atoms with Crippen LogP contribution in [0.4, 0.5) is 11.4 Å². The van der Waals surface area contributed by atoms with E-state index in [1.165, 1.54) is 24.3 Å². The van der Waals surface area contributed by atoms with Gasteiger partial charge in [0.25, 0.3) is 11.6 Å². The highest BCUT2D eigenvalue weighted by Gasteiger charge is 2.27. The number of non-ortho nitro benzene ring substituents is 1. The van der Waals surface area contributed by atoms with Gasteiger partial charge >= 0.3 is 0 Å². The van der Waals surface area contributed by atoms with Crippen molar-refractivity contribution in [3.63, 3.8) is 0 Å². The summed E-state index contributed by atoms with van der Waals surface area (Å²) < 4.78 is 25.8. The summed E-state index contributed by atoms with van der Waals surface area (Å²) in [6, 6.07) is 12.1. The van der Waals surface area contributed by atoms with E-state index in [-0.39, 0.29) is 34.8 Å². The average molecular weight is 462 g/mol. The minimum absolute atomic E-state index is 0.0165. The van der Waals surface area contributed by atoms with Crippen LogP contribution in [-0.4, -0.2) is 31.0 Å². The maximum Gasteiger partial charge on any atom is 0.271 e. The van der Waals surface area contributed by atoms with E-state index in [4.69, 9.17) is 0 Å². The Kier molecular flexibility index (Phi) is 7.34. The number of hydrogen-bond acceptors (Lipinski definition) is 5. The highest BCUT2D eigenvalue weighted by molar-refractivity contribution is 7.92. The summed E-state index contributed by atoms with van der Waals surface area (Å²) in [5.74, 6) is -0.204. The van der Waals surface area contributed by atoms with Gasteiger partial charge in [-0.15, -0.1) is 0 Å². The molecule has 0 fully saturated rings. The third-order valence-electron chi connectivity index (χ3n) is 4.70. The van der Waals surface area contributed by atoms with Crippen LogP contribution in [0.2, 0.25) is 0 Å². The molecule has 0 radical (unpaired) electrons. The highest BCUT2D eigenvalue weighted by Crippen LogP contribution is 2.27. The number of rotatable bonds is 8. The van der Waals surface area contributed by atoms with Gasteiger partial charge in [0.15, 0.2) is 0 Å². The van der Waals surface area contributed by atoms with Crippen LogP contribution in [0, 0.1) is 15.5 Å². The molecule has 0 aliphatic carbocycles. The van der Waals surface area contributed by atoms with Crippen LogP contribution in [0.1, 0.15) is 57.0 Å². The fourth-order valence-electron chi connectivity index (χ4n) is 3.84. The van der Waals surface area contributed by atoms with Crippen molar-refractivity contribution < 1.29 is 18.1 Å². The predicted molar refractivity (Wildman–Crippen MR) is 126 cm³/mol. The van der Waals surface area contributed by atoms with Gasteiger partial charge in [-0.25, -0.2) is 8.42 Å². The van der Waals surface area contributed by atoms with Crippen LogP contribution < -0.4 is 9.62 Å². The van der Waals surface area contributed by atoms with Crippen LogP contribution in [0.5, 0.6) is 0 Å². The molecular formula is C23H31N3O5S. The first-order chi connectivity index (χ1) is 14.6. The Morgan fingerprint density at radius 2 is 1.66 bits per heavy atom. The molecule has 2 aromatic rings. The molecule has 0 heterocycles. The van der Waals surface area contributed by atoms with Gasteiger partial charge in [-0.05, 0) is 49.4 Å². The molecule has 0 aliphatic heterocycles. The molecule has 2 rings (SSSR count). The summed E-state index contributed by atoms with van der Waals surface area (Å²) in [6.45, 7) is 10.3. The number of carbonyl (C=O) groups is 1. The van der Waals surface area contributed by atoms with E-state index in [9.17, 15) is 23.3 Å². The quantitative estimate of drug-likeness (QED) is 0.460. The van der Waals surface area contributed by atoms with E-state index in [0.717, 1.165) is 17.0 Å². The molecule has 0 aliphatic rings. The Balaban J connectivity index is 2.21. The zero-order valence-electron chi connectivity index (χ0n) is 19.4. The number of nitro benzene ring substituents is 1. The lowest BCUT2D eigenvalue weighted by molar-refractivity contribution is -0.384. The number of hydrogen-bond donors (Lipinski definition) is 1. The van der Waals surface area contributed by atoms with E-state index in [2.05, 4.69) is 26.1 Å². The minimum atomic E-state index is -3.70. The molecule has 0 bridgehead atoms. The first-order valence-corrected chi connectivity index (χ1v) is 12.1. The van der Waals surface area contributed by atoms with Gasteiger partial charge in [0.2, 0.25) is 10.0 Å². The maximum absolute atomic E-state index is 12.7. The molecule has 9 heteroatoms. The van der Waals surface area contributed by atoms with Crippen molar-refractivity contribution in [1.29, 1.82) is 0 Å². The number of sulfonamides is 1. The lowest BCUT2D eigenvalue weighted by Crippen LogP contribution is -2.45. The zero-order chi connectivity index (χ0) is 24.3. The van der Waals surface area contributed by atoms with E-state index in [0.29, 0.717) is 11.1 Å². The second kappa shape index (κ2) is 9.28.